The summed E-state index contributed by atoms with van der Waals surface area (Å²) in [5, 5.41) is 0. The predicted molar refractivity (Wildman–Crippen MR) is 57.9 cm³/mol. The van der Waals surface area contributed by atoms with Gasteiger partial charge in [-0.2, -0.15) is 0 Å². The summed E-state index contributed by atoms with van der Waals surface area (Å²) in [6, 6.07) is 0.111. The lowest BCUT2D eigenvalue weighted by Gasteiger charge is -2.36. The molecule has 3 nitrogen and oxygen atoms in total. The van der Waals surface area contributed by atoms with Crippen molar-refractivity contribution in [3.8, 4) is 0 Å². The average molecular weight is 198 g/mol. The minimum absolute atomic E-state index is 0.128. The maximum atomic E-state index is 11.8. The lowest BCUT2D eigenvalue weighted by Crippen LogP contribution is -2.49. The van der Waals surface area contributed by atoms with Crippen LogP contribution in [0.5, 0.6) is 0 Å². The van der Waals surface area contributed by atoms with Gasteiger partial charge >= 0.3 is 0 Å². The van der Waals surface area contributed by atoms with Gasteiger partial charge in [-0.25, -0.2) is 0 Å². The molecule has 3 heteroatoms. The first-order valence-corrected chi connectivity index (χ1v) is 5.73. The van der Waals surface area contributed by atoms with Crippen LogP contribution >= 0.6 is 0 Å². The fourth-order valence-electron chi connectivity index (χ4n) is 2.19. The predicted octanol–water partition coefficient (Wildman–Crippen LogP) is 1.51. The number of hydrogen-bond donors (Lipinski definition) is 1. The normalized spacial score (nSPS) is 24.8. The summed E-state index contributed by atoms with van der Waals surface area (Å²) < 4.78 is 0. The van der Waals surface area contributed by atoms with E-state index in [-0.39, 0.29) is 11.9 Å². The van der Waals surface area contributed by atoms with Gasteiger partial charge in [0.1, 0.15) is 0 Å². The summed E-state index contributed by atoms with van der Waals surface area (Å²) in [7, 11) is 0. The first kappa shape index (κ1) is 11.5. The summed E-state index contributed by atoms with van der Waals surface area (Å²) in [6.45, 7) is 4.86. The van der Waals surface area contributed by atoms with Crippen LogP contribution in [0.1, 0.15) is 46.0 Å². The van der Waals surface area contributed by atoms with Crippen molar-refractivity contribution in [3.05, 3.63) is 0 Å². The summed E-state index contributed by atoms with van der Waals surface area (Å²) in [5.41, 5.74) is 5.63. The van der Waals surface area contributed by atoms with Gasteiger partial charge in [0.15, 0.2) is 0 Å². The Morgan fingerprint density at radius 3 is 2.86 bits per heavy atom. The number of nitrogens with zero attached hydrogens (tertiary/aromatic N) is 1. The van der Waals surface area contributed by atoms with Gasteiger partial charge < -0.3 is 10.6 Å². The van der Waals surface area contributed by atoms with Gasteiger partial charge in [0.25, 0.3) is 0 Å². The van der Waals surface area contributed by atoms with E-state index in [1.165, 1.54) is 6.42 Å². The summed E-state index contributed by atoms with van der Waals surface area (Å²) in [4.78, 5) is 13.8. The molecule has 0 saturated carbocycles. The third kappa shape index (κ3) is 2.71. The first-order valence-electron chi connectivity index (χ1n) is 5.73. The molecule has 2 N–H and O–H groups in total. The SMILES string of the molecule is CCCC1CCCCN1C(=O)C(C)N. The zero-order chi connectivity index (χ0) is 10.6. The second-order valence-corrected chi connectivity index (χ2v) is 4.26. The summed E-state index contributed by atoms with van der Waals surface area (Å²) >= 11 is 0. The number of hydrogen-bond acceptors (Lipinski definition) is 2. The Morgan fingerprint density at radius 2 is 2.29 bits per heavy atom. The van der Waals surface area contributed by atoms with Crippen molar-refractivity contribution in [3.63, 3.8) is 0 Å². The van der Waals surface area contributed by atoms with Gasteiger partial charge in [-0.15, -0.1) is 0 Å². The smallest absolute Gasteiger partial charge is 0.239 e. The van der Waals surface area contributed by atoms with E-state index < -0.39 is 0 Å². The van der Waals surface area contributed by atoms with Gasteiger partial charge in [0.2, 0.25) is 5.91 Å². The van der Waals surface area contributed by atoms with Crippen molar-refractivity contribution < 1.29 is 4.79 Å². The van der Waals surface area contributed by atoms with Crippen molar-refractivity contribution in [2.75, 3.05) is 6.54 Å². The van der Waals surface area contributed by atoms with Crippen LogP contribution in [0, 0.1) is 0 Å². The van der Waals surface area contributed by atoms with E-state index in [9.17, 15) is 4.79 Å². The zero-order valence-electron chi connectivity index (χ0n) is 9.33. The Morgan fingerprint density at radius 1 is 1.57 bits per heavy atom. The molecule has 0 aromatic heterocycles. The van der Waals surface area contributed by atoms with Gasteiger partial charge in [-0.3, -0.25) is 4.79 Å². The van der Waals surface area contributed by atoms with Crippen LogP contribution in [0.15, 0.2) is 0 Å². The van der Waals surface area contributed by atoms with E-state index >= 15 is 0 Å². The van der Waals surface area contributed by atoms with E-state index in [4.69, 9.17) is 5.73 Å². The van der Waals surface area contributed by atoms with E-state index in [0.717, 1.165) is 32.2 Å². The zero-order valence-corrected chi connectivity index (χ0v) is 9.33. The molecular formula is C11H22N2O. The van der Waals surface area contributed by atoms with E-state index in [1.54, 1.807) is 6.92 Å². The molecule has 0 bridgehead atoms. The van der Waals surface area contributed by atoms with Crippen molar-refractivity contribution >= 4 is 5.91 Å². The highest BCUT2D eigenvalue weighted by molar-refractivity contribution is 5.81. The van der Waals surface area contributed by atoms with Crippen LogP contribution in [-0.4, -0.2) is 29.4 Å². The fraction of sp³-hybridized carbons (Fsp3) is 0.909. The minimum atomic E-state index is -0.340. The maximum Gasteiger partial charge on any atom is 0.239 e. The van der Waals surface area contributed by atoms with Gasteiger partial charge in [-0.1, -0.05) is 13.3 Å². The highest BCUT2D eigenvalue weighted by Gasteiger charge is 2.27. The Kier molecular flexibility index (Phi) is 4.39. The molecule has 1 rings (SSSR count). The average Bonchev–Trinajstić information content (AvgIpc) is 2.18. The molecule has 14 heavy (non-hydrogen) atoms. The molecule has 0 aliphatic carbocycles. The number of carbonyl (C=O) groups excluding carboxylic acids is 1. The van der Waals surface area contributed by atoms with Crippen LogP contribution in [-0.2, 0) is 4.79 Å². The molecule has 1 saturated heterocycles. The number of rotatable bonds is 3. The Balaban J connectivity index is 2.57. The Labute approximate surface area is 86.6 Å². The second-order valence-electron chi connectivity index (χ2n) is 4.26. The van der Waals surface area contributed by atoms with Crippen molar-refractivity contribution in [1.29, 1.82) is 0 Å². The molecule has 0 aromatic carbocycles. The second kappa shape index (κ2) is 5.35. The van der Waals surface area contributed by atoms with Crippen molar-refractivity contribution in [2.24, 2.45) is 5.73 Å². The van der Waals surface area contributed by atoms with Gasteiger partial charge in [0, 0.05) is 12.6 Å². The van der Waals surface area contributed by atoms with Gasteiger partial charge in [-0.05, 0) is 32.6 Å². The number of likely N-dealkylation sites (tertiary alicyclic amines) is 1. The van der Waals surface area contributed by atoms with Crippen LogP contribution < -0.4 is 5.73 Å². The quantitative estimate of drug-likeness (QED) is 0.747. The van der Waals surface area contributed by atoms with Crippen molar-refractivity contribution in [2.45, 2.75) is 58.0 Å². The Hall–Kier alpha value is -0.570. The van der Waals surface area contributed by atoms with Crippen LogP contribution in [0.3, 0.4) is 0 Å². The van der Waals surface area contributed by atoms with Crippen LogP contribution in [0.2, 0.25) is 0 Å². The molecule has 0 radical (unpaired) electrons. The molecule has 0 spiro atoms. The van der Waals surface area contributed by atoms with Crippen molar-refractivity contribution in [1.82, 2.24) is 4.90 Å². The molecule has 1 aliphatic rings. The summed E-state index contributed by atoms with van der Waals surface area (Å²) in [5.74, 6) is 0.128. The van der Waals surface area contributed by atoms with E-state index in [1.807, 2.05) is 4.90 Å². The molecule has 1 amide bonds. The first-order chi connectivity index (χ1) is 6.66. The van der Waals surface area contributed by atoms with Crippen LogP contribution in [0.25, 0.3) is 0 Å². The number of nitrogens with two attached hydrogens (primary N) is 1. The lowest BCUT2D eigenvalue weighted by atomic mass is 9.97. The standard InChI is InChI=1S/C11H22N2O/c1-3-6-10-7-4-5-8-13(10)11(14)9(2)12/h9-10H,3-8,12H2,1-2H3. The third-order valence-electron chi connectivity index (χ3n) is 2.92. The molecule has 1 aliphatic heterocycles. The number of amides is 1. The monoisotopic (exact) mass is 198 g/mol. The largest absolute Gasteiger partial charge is 0.338 e. The molecular weight excluding hydrogens is 176 g/mol. The molecule has 1 heterocycles. The summed E-state index contributed by atoms with van der Waals surface area (Å²) in [6.07, 6.45) is 5.82. The molecule has 82 valence electrons. The third-order valence-corrected chi connectivity index (χ3v) is 2.92. The maximum absolute atomic E-state index is 11.8. The highest BCUT2D eigenvalue weighted by atomic mass is 16.2. The van der Waals surface area contributed by atoms with E-state index in [2.05, 4.69) is 6.92 Å². The molecule has 0 aromatic rings. The van der Waals surface area contributed by atoms with E-state index in [0.29, 0.717) is 6.04 Å². The van der Waals surface area contributed by atoms with Gasteiger partial charge in [0.05, 0.1) is 6.04 Å². The highest BCUT2D eigenvalue weighted by Crippen LogP contribution is 2.21. The minimum Gasteiger partial charge on any atom is -0.338 e. The molecule has 2 atom stereocenters. The number of piperidine rings is 1. The number of carbonyl (C=O) groups is 1. The fourth-order valence-corrected chi connectivity index (χ4v) is 2.19. The lowest BCUT2D eigenvalue weighted by molar-refractivity contribution is -0.136. The molecule has 1 fully saturated rings. The Bertz CT molecular complexity index is 190. The molecule has 2 unspecified atom stereocenters. The topological polar surface area (TPSA) is 46.3 Å². The van der Waals surface area contributed by atoms with Crippen LogP contribution in [0.4, 0.5) is 0 Å².